The van der Waals surface area contributed by atoms with Gasteiger partial charge in [0.2, 0.25) is 0 Å². The summed E-state index contributed by atoms with van der Waals surface area (Å²) < 4.78 is 0. The van der Waals surface area contributed by atoms with Gasteiger partial charge in [0.25, 0.3) is 0 Å². The summed E-state index contributed by atoms with van der Waals surface area (Å²) in [7, 11) is 0. The molecular formula is C15H28N2. The Morgan fingerprint density at radius 1 is 1.29 bits per heavy atom. The number of allylic oxidation sites excluding steroid dienone is 1. The molecule has 0 bridgehead atoms. The maximum atomic E-state index is 3.82. The average molecular weight is 236 g/mol. The van der Waals surface area contributed by atoms with E-state index in [2.05, 4.69) is 29.4 Å². The summed E-state index contributed by atoms with van der Waals surface area (Å²) in [5, 5.41) is 0. The van der Waals surface area contributed by atoms with Crippen molar-refractivity contribution in [1.82, 2.24) is 9.80 Å². The van der Waals surface area contributed by atoms with E-state index in [0.29, 0.717) is 0 Å². The number of rotatable bonds is 5. The van der Waals surface area contributed by atoms with Crippen LogP contribution in [0.4, 0.5) is 0 Å². The van der Waals surface area contributed by atoms with Gasteiger partial charge in [-0.05, 0) is 45.2 Å². The summed E-state index contributed by atoms with van der Waals surface area (Å²) in [6, 6.07) is 1.66. The molecule has 0 aromatic heterocycles. The van der Waals surface area contributed by atoms with Crippen LogP contribution in [0.1, 0.15) is 45.4 Å². The molecule has 2 heterocycles. The van der Waals surface area contributed by atoms with Gasteiger partial charge < -0.3 is 0 Å². The minimum atomic E-state index is 0.800. The van der Waals surface area contributed by atoms with Crippen LogP contribution in [0.25, 0.3) is 0 Å². The standard InChI is InChI=1S/C15H28N2/c1-3-5-7-10-16-13-15-9-6-8-11-17(15)12-14(16)4-2/h3,14-15H,1,4-13H2,2H3. The fraction of sp³-hybridized carbons (Fsp3) is 0.867. The summed E-state index contributed by atoms with van der Waals surface area (Å²) in [4.78, 5) is 5.50. The molecule has 2 saturated heterocycles. The second-order valence-corrected chi connectivity index (χ2v) is 5.63. The molecule has 17 heavy (non-hydrogen) atoms. The number of unbranched alkanes of at least 4 members (excludes halogenated alkanes) is 1. The Kier molecular flexibility index (Phi) is 5.05. The lowest BCUT2D eigenvalue weighted by Gasteiger charge is -2.48. The first-order chi connectivity index (χ1) is 8.35. The second-order valence-electron chi connectivity index (χ2n) is 5.63. The van der Waals surface area contributed by atoms with E-state index in [1.807, 2.05) is 0 Å². The number of hydrogen-bond donors (Lipinski definition) is 0. The van der Waals surface area contributed by atoms with E-state index < -0.39 is 0 Å². The minimum absolute atomic E-state index is 0.800. The highest BCUT2D eigenvalue weighted by atomic mass is 15.3. The van der Waals surface area contributed by atoms with Gasteiger partial charge in [-0.15, -0.1) is 6.58 Å². The third kappa shape index (κ3) is 3.32. The van der Waals surface area contributed by atoms with Crippen LogP contribution < -0.4 is 0 Å². The van der Waals surface area contributed by atoms with Crippen LogP contribution in [-0.2, 0) is 0 Å². The van der Waals surface area contributed by atoms with Gasteiger partial charge in [0.1, 0.15) is 0 Å². The summed E-state index contributed by atoms with van der Waals surface area (Å²) in [5.41, 5.74) is 0. The highest BCUT2D eigenvalue weighted by Gasteiger charge is 2.33. The number of hydrogen-bond acceptors (Lipinski definition) is 2. The quantitative estimate of drug-likeness (QED) is 0.535. The first kappa shape index (κ1) is 13.1. The lowest BCUT2D eigenvalue weighted by Crippen LogP contribution is -2.59. The fourth-order valence-corrected chi connectivity index (χ4v) is 3.41. The van der Waals surface area contributed by atoms with Crippen LogP contribution >= 0.6 is 0 Å². The normalized spacial score (nSPS) is 31.1. The van der Waals surface area contributed by atoms with E-state index in [1.165, 1.54) is 64.7 Å². The fourth-order valence-electron chi connectivity index (χ4n) is 3.41. The third-order valence-corrected chi connectivity index (χ3v) is 4.48. The van der Waals surface area contributed by atoms with Crippen LogP contribution in [0.3, 0.4) is 0 Å². The molecule has 2 nitrogen and oxygen atoms in total. The molecule has 0 aliphatic carbocycles. The van der Waals surface area contributed by atoms with Gasteiger partial charge in [0, 0.05) is 25.2 Å². The minimum Gasteiger partial charge on any atom is -0.298 e. The van der Waals surface area contributed by atoms with Gasteiger partial charge in [0.05, 0.1) is 0 Å². The zero-order valence-corrected chi connectivity index (χ0v) is 11.4. The lowest BCUT2D eigenvalue weighted by molar-refractivity contribution is 0.00730. The molecule has 98 valence electrons. The molecule has 0 aromatic carbocycles. The van der Waals surface area contributed by atoms with Gasteiger partial charge >= 0.3 is 0 Å². The molecule has 0 spiro atoms. The molecule has 2 rings (SSSR count). The topological polar surface area (TPSA) is 6.48 Å². The van der Waals surface area contributed by atoms with Crippen molar-refractivity contribution in [2.75, 3.05) is 26.2 Å². The summed E-state index contributed by atoms with van der Waals surface area (Å²) in [6.45, 7) is 11.4. The van der Waals surface area contributed by atoms with Gasteiger partial charge in [-0.25, -0.2) is 0 Å². The lowest BCUT2D eigenvalue weighted by atomic mass is 9.95. The van der Waals surface area contributed by atoms with Crippen molar-refractivity contribution >= 4 is 0 Å². The highest BCUT2D eigenvalue weighted by molar-refractivity contribution is 4.90. The van der Waals surface area contributed by atoms with Crippen LogP contribution in [0.2, 0.25) is 0 Å². The van der Waals surface area contributed by atoms with E-state index >= 15 is 0 Å². The number of fused-ring (bicyclic) bond motifs is 1. The van der Waals surface area contributed by atoms with Gasteiger partial charge in [-0.1, -0.05) is 19.4 Å². The zero-order valence-electron chi connectivity index (χ0n) is 11.4. The molecule has 2 heteroatoms. The molecule has 0 radical (unpaired) electrons. The van der Waals surface area contributed by atoms with E-state index in [-0.39, 0.29) is 0 Å². The molecule has 2 aliphatic rings. The van der Waals surface area contributed by atoms with Crippen LogP contribution in [-0.4, -0.2) is 48.1 Å². The Labute approximate surface area is 107 Å². The van der Waals surface area contributed by atoms with Crippen molar-refractivity contribution in [3.05, 3.63) is 12.7 Å². The van der Waals surface area contributed by atoms with E-state index in [0.717, 1.165) is 12.1 Å². The van der Waals surface area contributed by atoms with Crippen LogP contribution in [0.5, 0.6) is 0 Å². The molecular weight excluding hydrogens is 208 g/mol. The van der Waals surface area contributed by atoms with E-state index in [1.54, 1.807) is 0 Å². The van der Waals surface area contributed by atoms with Crippen LogP contribution in [0.15, 0.2) is 12.7 Å². The number of nitrogens with zero attached hydrogens (tertiary/aromatic N) is 2. The summed E-state index contributed by atoms with van der Waals surface area (Å²) >= 11 is 0. The Bertz CT molecular complexity index is 239. The van der Waals surface area contributed by atoms with Crippen molar-refractivity contribution in [3.8, 4) is 0 Å². The Hall–Kier alpha value is -0.340. The van der Waals surface area contributed by atoms with Crippen molar-refractivity contribution in [2.24, 2.45) is 0 Å². The molecule has 0 amide bonds. The van der Waals surface area contributed by atoms with E-state index in [9.17, 15) is 0 Å². The molecule has 0 saturated carbocycles. The van der Waals surface area contributed by atoms with E-state index in [4.69, 9.17) is 0 Å². The van der Waals surface area contributed by atoms with Gasteiger partial charge in [-0.3, -0.25) is 9.80 Å². The molecule has 2 unspecified atom stereocenters. The maximum absolute atomic E-state index is 3.82. The first-order valence-corrected chi connectivity index (χ1v) is 7.44. The van der Waals surface area contributed by atoms with Gasteiger partial charge in [0.15, 0.2) is 0 Å². The first-order valence-electron chi connectivity index (χ1n) is 7.44. The monoisotopic (exact) mass is 236 g/mol. The third-order valence-electron chi connectivity index (χ3n) is 4.48. The van der Waals surface area contributed by atoms with Crippen molar-refractivity contribution in [3.63, 3.8) is 0 Å². The Morgan fingerprint density at radius 3 is 2.94 bits per heavy atom. The number of piperidine rings is 1. The molecule has 2 aliphatic heterocycles. The molecule has 0 aromatic rings. The molecule has 0 N–H and O–H groups in total. The smallest absolute Gasteiger partial charge is 0.0223 e. The van der Waals surface area contributed by atoms with Crippen molar-refractivity contribution < 1.29 is 0 Å². The maximum Gasteiger partial charge on any atom is 0.0223 e. The molecule has 2 atom stereocenters. The van der Waals surface area contributed by atoms with Crippen molar-refractivity contribution in [1.29, 1.82) is 0 Å². The summed E-state index contributed by atoms with van der Waals surface area (Å²) in [5.74, 6) is 0. The second kappa shape index (κ2) is 6.55. The highest BCUT2D eigenvalue weighted by Crippen LogP contribution is 2.25. The largest absolute Gasteiger partial charge is 0.298 e. The Balaban J connectivity index is 1.87. The Morgan fingerprint density at radius 2 is 2.18 bits per heavy atom. The SMILES string of the molecule is C=CCCCN1CC2CCCCN2CC1CC. The van der Waals surface area contributed by atoms with Crippen molar-refractivity contribution in [2.45, 2.75) is 57.5 Å². The number of piperazine rings is 1. The van der Waals surface area contributed by atoms with Crippen LogP contribution in [0, 0.1) is 0 Å². The zero-order chi connectivity index (χ0) is 12.1. The summed E-state index contributed by atoms with van der Waals surface area (Å²) in [6.07, 6.45) is 10.1. The molecule has 2 fully saturated rings. The predicted octanol–water partition coefficient (Wildman–Crippen LogP) is 2.90. The predicted molar refractivity (Wildman–Crippen MR) is 74.3 cm³/mol. The van der Waals surface area contributed by atoms with Gasteiger partial charge in [-0.2, -0.15) is 0 Å². The average Bonchev–Trinajstić information content (AvgIpc) is 2.38.